The third-order valence-electron chi connectivity index (χ3n) is 11.7. The molecule has 0 N–H and O–H groups in total. The fourth-order valence-electron chi connectivity index (χ4n) is 8.93. The second-order valence-electron chi connectivity index (χ2n) is 18.1. The van der Waals surface area contributed by atoms with Gasteiger partial charge in [0.2, 0.25) is 0 Å². The van der Waals surface area contributed by atoms with Crippen LogP contribution in [-0.2, 0) is 15.9 Å². The van der Waals surface area contributed by atoms with Gasteiger partial charge in [-0.15, -0.1) is 0 Å². The molecular formula is C52H68F2O5. The molecule has 2 aliphatic carbocycles. The molecule has 0 aliphatic heterocycles. The van der Waals surface area contributed by atoms with E-state index in [0.717, 1.165) is 60.8 Å². The first-order valence-electron chi connectivity index (χ1n) is 21.5. The zero-order valence-corrected chi connectivity index (χ0v) is 38.2. The van der Waals surface area contributed by atoms with Crippen molar-refractivity contribution < 1.29 is 32.6 Å². The first kappa shape index (κ1) is 47.2. The lowest BCUT2D eigenvalue weighted by atomic mass is 9.67. The molecule has 0 heterocycles. The third-order valence-corrected chi connectivity index (χ3v) is 11.7. The average molecular weight is 811 g/mol. The van der Waals surface area contributed by atoms with E-state index >= 15 is 8.78 Å². The first-order valence-corrected chi connectivity index (χ1v) is 21.5. The van der Waals surface area contributed by atoms with Crippen molar-refractivity contribution in [3.63, 3.8) is 0 Å². The number of ether oxygens (including phenoxy) is 3. The summed E-state index contributed by atoms with van der Waals surface area (Å²) in [7, 11) is 0. The number of hydrogen-bond acceptors (Lipinski definition) is 5. The van der Waals surface area contributed by atoms with E-state index in [1.807, 2.05) is 32.9 Å². The van der Waals surface area contributed by atoms with Gasteiger partial charge in [-0.1, -0.05) is 64.0 Å². The molecule has 2 aliphatic rings. The van der Waals surface area contributed by atoms with Gasteiger partial charge in [0, 0.05) is 5.56 Å². The van der Waals surface area contributed by atoms with Crippen LogP contribution in [0.4, 0.5) is 8.78 Å². The molecule has 0 fully saturated rings. The van der Waals surface area contributed by atoms with E-state index in [0.29, 0.717) is 34.3 Å². The predicted octanol–water partition coefficient (Wildman–Crippen LogP) is 14.8. The van der Waals surface area contributed by atoms with Crippen molar-refractivity contribution in [1.82, 2.24) is 0 Å². The van der Waals surface area contributed by atoms with Gasteiger partial charge in [0.25, 0.3) is 0 Å². The maximum atomic E-state index is 17.3. The lowest BCUT2D eigenvalue weighted by Gasteiger charge is -2.37. The van der Waals surface area contributed by atoms with Crippen LogP contribution in [-0.4, -0.2) is 30.8 Å². The second kappa shape index (κ2) is 19.7. The zero-order valence-electron chi connectivity index (χ0n) is 38.2. The molecule has 0 saturated carbocycles. The van der Waals surface area contributed by atoms with E-state index in [-0.39, 0.29) is 52.3 Å². The molecule has 0 saturated heterocycles. The third kappa shape index (κ3) is 11.0. The number of rotatable bonds is 14. The van der Waals surface area contributed by atoms with Gasteiger partial charge < -0.3 is 14.2 Å². The maximum absolute atomic E-state index is 17.3. The van der Waals surface area contributed by atoms with Crippen LogP contribution in [0, 0.1) is 10.8 Å². The van der Waals surface area contributed by atoms with E-state index in [2.05, 4.69) is 41.5 Å². The fourth-order valence-corrected chi connectivity index (χ4v) is 8.93. The number of allylic oxidation sites excluding steroid dienone is 10. The van der Waals surface area contributed by atoms with Crippen molar-refractivity contribution in [2.75, 3.05) is 6.61 Å². The smallest absolute Gasteiger partial charge is 0.338 e. The number of benzene rings is 2. The highest BCUT2D eigenvalue weighted by atomic mass is 19.1. The van der Waals surface area contributed by atoms with Gasteiger partial charge >= 0.3 is 11.9 Å². The molecule has 59 heavy (non-hydrogen) atoms. The van der Waals surface area contributed by atoms with E-state index in [9.17, 15) is 9.59 Å². The van der Waals surface area contributed by atoms with Crippen LogP contribution < -0.4 is 4.74 Å². The maximum Gasteiger partial charge on any atom is 0.338 e. The highest BCUT2D eigenvalue weighted by molar-refractivity contribution is 5.91. The minimum Gasteiger partial charge on any atom is -0.493 e. The van der Waals surface area contributed by atoms with Crippen molar-refractivity contribution >= 4 is 23.6 Å². The van der Waals surface area contributed by atoms with Gasteiger partial charge in [0.15, 0.2) is 0 Å². The summed E-state index contributed by atoms with van der Waals surface area (Å²) in [6, 6.07) is 9.77. The number of aryl methyl sites for hydroxylation is 1. The van der Waals surface area contributed by atoms with E-state index in [1.54, 1.807) is 71.0 Å². The van der Waals surface area contributed by atoms with Crippen LogP contribution in [0.1, 0.15) is 173 Å². The molecule has 0 radical (unpaired) electrons. The SMILES string of the molecule is CCOc1cc(C(=O)OC(C)C)ccc1C(F)=C(C)C(=C/C=C(C1=C(C)CCCC1(C)C)/C(C)=C(\F)c1ccc(C(=O)OC(C)C)cc1CC)C1=C(C)CCCC1(C)C. The summed E-state index contributed by atoms with van der Waals surface area (Å²) in [4.78, 5) is 25.7. The van der Waals surface area contributed by atoms with Crippen molar-refractivity contribution in [3.05, 3.63) is 121 Å². The molecule has 0 atom stereocenters. The first-order chi connectivity index (χ1) is 27.6. The lowest BCUT2D eigenvalue weighted by molar-refractivity contribution is 0.0367. The van der Waals surface area contributed by atoms with Crippen molar-refractivity contribution in [2.45, 2.75) is 154 Å². The Balaban J connectivity index is 2.06. The van der Waals surface area contributed by atoms with E-state index in [1.165, 1.54) is 11.1 Å². The number of hydrogen-bond donors (Lipinski definition) is 0. The lowest BCUT2D eigenvalue weighted by Crippen LogP contribution is -2.23. The number of esters is 2. The molecule has 0 amide bonds. The van der Waals surface area contributed by atoms with Gasteiger partial charge in [-0.25, -0.2) is 18.4 Å². The Kier molecular flexibility index (Phi) is 15.7. The number of carbonyl (C=O) groups excluding carboxylic acids is 2. The van der Waals surface area contributed by atoms with Crippen molar-refractivity contribution in [2.24, 2.45) is 10.8 Å². The molecule has 2 aromatic rings. The molecule has 2 aromatic carbocycles. The van der Waals surface area contributed by atoms with E-state index < -0.39 is 17.8 Å². The predicted molar refractivity (Wildman–Crippen MR) is 239 cm³/mol. The van der Waals surface area contributed by atoms with Crippen LogP contribution in [0.15, 0.2) is 93.1 Å². The van der Waals surface area contributed by atoms with Crippen LogP contribution in [0.3, 0.4) is 0 Å². The van der Waals surface area contributed by atoms with Crippen LogP contribution in [0.5, 0.6) is 5.75 Å². The summed E-state index contributed by atoms with van der Waals surface area (Å²) >= 11 is 0. The molecule has 0 spiro atoms. The largest absolute Gasteiger partial charge is 0.493 e. The van der Waals surface area contributed by atoms with Gasteiger partial charge in [-0.2, -0.15) is 0 Å². The highest BCUT2D eigenvalue weighted by Gasteiger charge is 2.34. The minimum atomic E-state index is -0.502. The van der Waals surface area contributed by atoms with E-state index in [4.69, 9.17) is 14.2 Å². The molecule has 0 aromatic heterocycles. The summed E-state index contributed by atoms with van der Waals surface area (Å²) in [5.41, 5.74) is 8.56. The monoisotopic (exact) mass is 811 g/mol. The molecule has 320 valence electrons. The summed E-state index contributed by atoms with van der Waals surface area (Å²) in [5.74, 6) is -1.51. The average Bonchev–Trinajstić information content (AvgIpc) is 3.15. The zero-order chi connectivity index (χ0) is 44.0. The summed E-state index contributed by atoms with van der Waals surface area (Å²) in [6.45, 7) is 28.0. The van der Waals surface area contributed by atoms with Crippen molar-refractivity contribution in [1.29, 1.82) is 0 Å². The van der Waals surface area contributed by atoms with Gasteiger partial charge in [0.1, 0.15) is 17.4 Å². The Hall–Kier alpha value is -4.52. The Morgan fingerprint density at radius 1 is 0.695 bits per heavy atom. The normalized spacial score (nSPS) is 18.2. The Bertz CT molecular complexity index is 2110. The standard InChI is InChI=1S/C52H68F2O5/c1-15-37-29-38(49(55)58-31(3)4)21-23-42(37)47(53)35(9)40(45-33(7)19-17-27-51(45,11)12)25-26-41(46-34(8)20-18-28-52(46,13)14)36(10)48(54)43-24-22-39(30-44(43)57-16-2)50(56)59-32(5)6/h21-26,29-32H,15-20,27-28H2,1-14H3/b40-25-,41-26?,47-35-,48-36?. The van der Waals surface area contributed by atoms with Crippen molar-refractivity contribution in [3.8, 4) is 5.75 Å². The summed E-state index contributed by atoms with van der Waals surface area (Å²) in [5, 5.41) is 0. The Labute approximate surface area is 353 Å². The quantitative estimate of drug-likeness (QED) is 0.140. The molecule has 5 nitrogen and oxygen atoms in total. The molecule has 4 rings (SSSR count). The van der Waals surface area contributed by atoms with Gasteiger partial charge in [0.05, 0.1) is 35.5 Å². The summed E-state index contributed by atoms with van der Waals surface area (Å²) < 4.78 is 51.5. The Morgan fingerprint density at radius 3 is 1.53 bits per heavy atom. The molecule has 0 unspecified atom stereocenters. The molecule has 0 bridgehead atoms. The summed E-state index contributed by atoms with van der Waals surface area (Å²) in [6.07, 6.45) is 9.69. The Morgan fingerprint density at radius 2 is 1.12 bits per heavy atom. The second-order valence-corrected chi connectivity index (χ2v) is 18.1. The van der Waals surface area contributed by atoms with Crippen LogP contribution in [0.25, 0.3) is 11.7 Å². The number of carbonyl (C=O) groups is 2. The van der Waals surface area contributed by atoms with Gasteiger partial charge in [-0.05, 0) is 187 Å². The fraction of sp³-hybridized carbons (Fsp3) is 0.500. The molecular weight excluding hydrogens is 743 g/mol. The highest BCUT2D eigenvalue weighted by Crippen LogP contribution is 2.50. The van der Waals surface area contributed by atoms with Crippen LogP contribution >= 0.6 is 0 Å². The molecule has 7 heteroatoms. The van der Waals surface area contributed by atoms with Crippen LogP contribution in [0.2, 0.25) is 0 Å². The number of halogens is 2. The van der Waals surface area contributed by atoms with Gasteiger partial charge in [-0.3, -0.25) is 0 Å². The topological polar surface area (TPSA) is 61.8 Å². The minimum absolute atomic E-state index is 0.245.